The average molecular weight is 234 g/mol. The predicted octanol–water partition coefficient (Wildman–Crippen LogP) is 1.74. The molecule has 1 aromatic carbocycles. The van der Waals surface area contributed by atoms with E-state index in [0.29, 0.717) is 11.7 Å². The Morgan fingerprint density at radius 2 is 2.00 bits per heavy atom. The monoisotopic (exact) mass is 234 g/mol. The smallest absolute Gasteiger partial charge is 0.329 e. The van der Waals surface area contributed by atoms with Crippen molar-refractivity contribution in [2.75, 3.05) is 14.2 Å². The van der Waals surface area contributed by atoms with Crippen molar-refractivity contribution in [3.63, 3.8) is 0 Å². The highest BCUT2D eigenvalue weighted by Crippen LogP contribution is 2.58. The molecule has 3 aliphatic rings. The number of hydrogen-bond donors (Lipinski definition) is 0. The first-order valence-corrected chi connectivity index (χ1v) is 5.33. The molecule has 0 spiro atoms. The topological polar surface area (TPSA) is 49.5 Å². The number of benzene rings is 1. The molecule has 4 rings (SSSR count). The van der Waals surface area contributed by atoms with Gasteiger partial charge >= 0.3 is 5.95 Å². The molecular weight excluding hydrogens is 224 g/mol. The molecular formula is C12H10O5. The summed E-state index contributed by atoms with van der Waals surface area (Å²) in [6, 6.07) is 3.67. The van der Waals surface area contributed by atoms with Crippen molar-refractivity contribution in [2.24, 2.45) is 0 Å². The number of ether oxygens (including phenoxy) is 5. The highest BCUT2D eigenvalue weighted by atomic mass is 16.8. The lowest BCUT2D eigenvalue weighted by Gasteiger charge is -2.12. The second-order valence-corrected chi connectivity index (χ2v) is 4.08. The summed E-state index contributed by atoms with van der Waals surface area (Å²) in [6.07, 6.45) is -0.315. The molecule has 2 atom stereocenters. The zero-order valence-electron chi connectivity index (χ0n) is 9.35. The molecule has 88 valence electrons. The van der Waals surface area contributed by atoms with E-state index in [9.17, 15) is 0 Å². The Morgan fingerprint density at radius 1 is 1.12 bits per heavy atom. The summed E-state index contributed by atoms with van der Waals surface area (Å²) in [5.41, 5.74) is 0.973. The van der Waals surface area contributed by atoms with Crippen LogP contribution in [0.1, 0.15) is 11.5 Å². The normalized spacial score (nSPS) is 26.2. The quantitative estimate of drug-likeness (QED) is 0.780. The van der Waals surface area contributed by atoms with E-state index in [0.717, 1.165) is 22.8 Å². The Balaban J connectivity index is 1.88. The molecule has 3 aliphatic heterocycles. The summed E-state index contributed by atoms with van der Waals surface area (Å²) < 4.78 is 27.0. The zero-order chi connectivity index (χ0) is 11.6. The maximum atomic E-state index is 5.71. The van der Waals surface area contributed by atoms with Crippen LogP contribution in [0.4, 0.5) is 0 Å². The Hall–Kier alpha value is -2.04. The van der Waals surface area contributed by atoms with Gasteiger partial charge in [0.25, 0.3) is 6.29 Å². The van der Waals surface area contributed by atoms with Crippen LogP contribution in [0.25, 0.3) is 0 Å². The lowest BCUT2D eigenvalue weighted by molar-refractivity contribution is -0.0626. The summed E-state index contributed by atoms with van der Waals surface area (Å²) in [7, 11) is 3.24. The molecule has 2 unspecified atom stereocenters. The van der Waals surface area contributed by atoms with Gasteiger partial charge in [-0.2, -0.15) is 0 Å². The highest BCUT2D eigenvalue weighted by molar-refractivity contribution is 5.59. The van der Waals surface area contributed by atoms with Crippen molar-refractivity contribution < 1.29 is 23.7 Å². The van der Waals surface area contributed by atoms with Gasteiger partial charge < -0.3 is 23.7 Å². The number of rotatable bonds is 2. The molecule has 1 aromatic rings. The largest absolute Gasteiger partial charge is 0.496 e. The number of hydrogen-bond acceptors (Lipinski definition) is 5. The second-order valence-electron chi connectivity index (χ2n) is 4.08. The zero-order valence-corrected chi connectivity index (χ0v) is 9.35. The third-order valence-electron chi connectivity index (χ3n) is 3.23. The minimum absolute atomic E-state index is 0.000793. The molecule has 5 heteroatoms. The van der Waals surface area contributed by atoms with Crippen LogP contribution in [0.2, 0.25) is 0 Å². The van der Waals surface area contributed by atoms with Crippen molar-refractivity contribution in [3.05, 3.63) is 29.4 Å². The molecule has 0 saturated heterocycles. The van der Waals surface area contributed by atoms with E-state index in [2.05, 4.69) is 0 Å². The molecule has 0 N–H and O–H groups in total. The fourth-order valence-electron chi connectivity index (χ4n) is 2.40. The first-order valence-electron chi connectivity index (χ1n) is 5.33. The third-order valence-corrected chi connectivity index (χ3v) is 3.23. The minimum Gasteiger partial charge on any atom is -0.496 e. The van der Waals surface area contributed by atoms with Gasteiger partial charge in [-0.05, 0) is 0 Å². The van der Waals surface area contributed by atoms with Gasteiger partial charge in [0.1, 0.15) is 23.2 Å². The fraction of sp³-hybridized carbons (Fsp3) is 0.333. The molecule has 0 aromatic heterocycles. The van der Waals surface area contributed by atoms with Crippen LogP contribution in [0.15, 0.2) is 23.8 Å². The van der Waals surface area contributed by atoms with Crippen molar-refractivity contribution in [3.8, 4) is 17.2 Å². The van der Waals surface area contributed by atoms with Gasteiger partial charge in [0.2, 0.25) is 5.76 Å². The summed E-state index contributed by atoms with van der Waals surface area (Å²) in [4.78, 5) is 0. The maximum Gasteiger partial charge on any atom is 0.329 e. The van der Waals surface area contributed by atoms with E-state index < -0.39 is 0 Å². The summed E-state index contributed by atoms with van der Waals surface area (Å²) in [5, 5.41) is 0. The van der Waals surface area contributed by atoms with Gasteiger partial charge in [0.05, 0.1) is 19.8 Å². The van der Waals surface area contributed by atoms with Gasteiger partial charge in [0.15, 0.2) is 0 Å². The summed E-state index contributed by atoms with van der Waals surface area (Å²) >= 11 is 0. The van der Waals surface area contributed by atoms with E-state index in [1.807, 2.05) is 12.1 Å². The molecule has 0 saturated carbocycles. The SMILES string of the molecule is COc1cc(OC)c2c(c1)OC1OC3=C(O3)C21. The van der Waals surface area contributed by atoms with Crippen LogP contribution in [-0.2, 0) is 9.47 Å². The van der Waals surface area contributed by atoms with Gasteiger partial charge in [-0.15, -0.1) is 0 Å². The lowest BCUT2D eigenvalue weighted by atomic mass is 9.99. The van der Waals surface area contributed by atoms with E-state index in [1.54, 1.807) is 14.2 Å². The molecule has 0 bridgehead atoms. The molecule has 0 aliphatic carbocycles. The van der Waals surface area contributed by atoms with Crippen LogP contribution in [-0.4, -0.2) is 20.5 Å². The highest BCUT2D eigenvalue weighted by Gasteiger charge is 2.57. The average Bonchev–Trinajstić information content (AvgIpc) is 2.86. The van der Waals surface area contributed by atoms with E-state index in [-0.39, 0.29) is 12.2 Å². The molecule has 0 fully saturated rings. The lowest BCUT2D eigenvalue weighted by Crippen LogP contribution is -2.19. The first kappa shape index (κ1) is 9.04. The third kappa shape index (κ3) is 1.03. The van der Waals surface area contributed by atoms with Crippen molar-refractivity contribution in [1.29, 1.82) is 0 Å². The van der Waals surface area contributed by atoms with E-state index >= 15 is 0 Å². The standard InChI is InChI=1S/C12H10O5/c1-13-5-3-6(14-2)8-7(4-5)15-11-9(8)10-12(16-10)17-11/h3-4,9,11H,1-2H3. The Bertz CT molecular complexity index is 548. The molecule has 0 radical (unpaired) electrons. The predicted molar refractivity (Wildman–Crippen MR) is 55.9 cm³/mol. The van der Waals surface area contributed by atoms with Gasteiger partial charge in [-0.25, -0.2) is 0 Å². The molecule has 5 nitrogen and oxygen atoms in total. The van der Waals surface area contributed by atoms with Crippen LogP contribution in [0.5, 0.6) is 17.2 Å². The Kier molecular flexibility index (Phi) is 1.49. The molecule has 3 heterocycles. The van der Waals surface area contributed by atoms with Gasteiger partial charge in [-0.1, -0.05) is 0 Å². The van der Waals surface area contributed by atoms with Crippen LogP contribution < -0.4 is 14.2 Å². The Labute approximate surface area is 97.5 Å². The second kappa shape index (κ2) is 2.80. The van der Waals surface area contributed by atoms with Gasteiger partial charge in [-0.3, -0.25) is 0 Å². The first-order chi connectivity index (χ1) is 8.31. The van der Waals surface area contributed by atoms with Crippen molar-refractivity contribution >= 4 is 0 Å². The number of methoxy groups -OCH3 is 2. The maximum absolute atomic E-state index is 5.71. The Morgan fingerprint density at radius 3 is 2.76 bits per heavy atom. The molecule has 0 amide bonds. The van der Waals surface area contributed by atoms with Gasteiger partial charge in [0, 0.05) is 12.1 Å². The van der Waals surface area contributed by atoms with Crippen LogP contribution >= 0.6 is 0 Å². The van der Waals surface area contributed by atoms with Crippen molar-refractivity contribution in [2.45, 2.75) is 12.2 Å². The van der Waals surface area contributed by atoms with Crippen molar-refractivity contribution in [1.82, 2.24) is 0 Å². The van der Waals surface area contributed by atoms with E-state index in [4.69, 9.17) is 23.7 Å². The minimum atomic E-state index is -0.315. The van der Waals surface area contributed by atoms with Crippen LogP contribution in [0, 0.1) is 0 Å². The van der Waals surface area contributed by atoms with E-state index in [1.165, 1.54) is 0 Å². The summed E-state index contributed by atoms with van der Waals surface area (Å²) in [5.74, 6) is 3.63. The summed E-state index contributed by atoms with van der Waals surface area (Å²) in [6.45, 7) is 0. The van der Waals surface area contributed by atoms with Crippen LogP contribution in [0.3, 0.4) is 0 Å². The number of fused-ring (bicyclic) bond motifs is 4. The fourth-order valence-corrected chi connectivity index (χ4v) is 2.40. The molecule has 17 heavy (non-hydrogen) atoms.